The first-order chi connectivity index (χ1) is 10.8. The van der Waals surface area contributed by atoms with Gasteiger partial charge in [0.1, 0.15) is 11.1 Å². The second kappa shape index (κ2) is 5.68. The Balaban J connectivity index is 2.15. The first-order valence-corrected chi connectivity index (χ1v) is 7.27. The average molecular weight is 345 g/mol. The summed E-state index contributed by atoms with van der Waals surface area (Å²) >= 11 is 0. The van der Waals surface area contributed by atoms with Crippen molar-refractivity contribution in [3.05, 3.63) is 35.4 Å². The fraction of sp³-hybridized carbons (Fsp3) is 0.500. The van der Waals surface area contributed by atoms with Gasteiger partial charge in [0.05, 0.1) is 5.56 Å². The number of nitrogens with one attached hydrogen (secondary N) is 1. The molecule has 0 aromatic heterocycles. The number of carbonyl (C=O) groups excluding carboxylic acids is 1. The van der Waals surface area contributed by atoms with Gasteiger partial charge in [-0.3, -0.25) is 0 Å². The third-order valence-electron chi connectivity index (χ3n) is 3.71. The van der Waals surface area contributed by atoms with Crippen molar-refractivity contribution >= 4 is 12.1 Å². The lowest BCUT2D eigenvalue weighted by Gasteiger charge is -2.22. The van der Waals surface area contributed by atoms with Crippen molar-refractivity contribution < 1.29 is 32.6 Å². The predicted molar refractivity (Wildman–Crippen MR) is 78.5 cm³/mol. The van der Waals surface area contributed by atoms with Crippen LogP contribution >= 0.6 is 0 Å². The first-order valence-electron chi connectivity index (χ1n) is 7.27. The Morgan fingerprint density at radius 2 is 1.75 bits per heavy atom. The van der Waals surface area contributed by atoms with E-state index in [-0.39, 0.29) is 6.42 Å². The Hall–Kier alpha value is -2.25. The lowest BCUT2D eigenvalue weighted by atomic mass is 10.0. The molecule has 0 heterocycles. The molecule has 2 N–H and O–H groups in total. The molecule has 1 fully saturated rings. The molecule has 1 aromatic carbocycles. The van der Waals surface area contributed by atoms with Crippen LogP contribution in [0.5, 0.6) is 0 Å². The van der Waals surface area contributed by atoms with Gasteiger partial charge >= 0.3 is 18.2 Å². The van der Waals surface area contributed by atoms with Crippen molar-refractivity contribution in [2.24, 2.45) is 0 Å². The summed E-state index contributed by atoms with van der Waals surface area (Å²) in [6, 6.07) is 4.26. The lowest BCUT2D eigenvalue weighted by molar-refractivity contribution is -0.141. The smallest absolute Gasteiger partial charge is 0.416 e. The molecule has 8 heteroatoms. The number of hydrogen-bond donors (Lipinski definition) is 2. The number of amides is 1. The molecule has 24 heavy (non-hydrogen) atoms. The van der Waals surface area contributed by atoms with E-state index in [0.717, 1.165) is 12.1 Å². The van der Waals surface area contributed by atoms with Crippen LogP contribution < -0.4 is 5.32 Å². The van der Waals surface area contributed by atoms with Crippen molar-refractivity contribution in [1.29, 1.82) is 0 Å². The van der Waals surface area contributed by atoms with E-state index in [0.29, 0.717) is 5.56 Å². The number of alkyl carbamates (subject to hydrolysis) is 1. The quantitative estimate of drug-likeness (QED) is 0.879. The highest BCUT2D eigenvalue weighted by atomic mass is 19.4. The molecule has 0 bridgehead atoms. The number of carboxylic acid groups (broad SMARTS) is 1. The highest BCUT2D eigenvalue weighted by Gasteiger charge is 2.62. The molecule has 1 aliphatic rings. The molecule has 2 unspecified atom stereocenters. The van der Waals surface area contributed by atoms with E-state index in [2.05, 4.69) is 5.32 Å². The Morgan fingerprint density at radius 1 is 1.21 bits per heavy atom. The van der Waals surface area contributed by atoms with Gasteiger partial charge < -0.3 is 15.2 Å². The third-order valence-corrected chi connectivity index (χ3v) is 3.71. The molecule has 1 amide bonds. The van der Waals surface area contributed by atoms with Crippen LogP contribution in [0.4, 0.5) is 18.0 Å². The van der Waals surface area contributed by atoms with E-state index in [4.69, 9.17) is 4.74 Å². The standard InChI is InChI=1S/C16H18F3NO4/c1-14(2,3)24-13(23)20-15(12(21)22)8-11(15)9-4-6-10(7-5-9)16(17,18)19/h4-7,11H,8H2,1-3H3,(H,20,23)(H,21,22). The number of aliphatic carboxylic acids is 1. The van der Waals surface area contributed by atoms with Crippen molar-refractivity contribution in [2.45, 2.75) is 50.4 Å². The molecule has 2 rings (SSSR count). The maximum Gasteiger partial charge on any atom is 0.416 e. The van der Waals surface area contributed by atoms with Gasteiger partial charge in [0.15, 0.2) is 0 Å². The van der Waals surface area contributed by atoms with E-state index in [1.165, 1.54) is 12.1 Å². The highest BCUT2D eigenvalue weighted by molar-refractivity contribution is 5.90. The largest absolute Gasteiger partial charge is 0.479 e. The number of carbonyl (C=O) groups is 2. The predicted octanol–water partition coefficient (Wildman–Crippen LogP) is 3.54. The van der Waals surface area contributed by atoms with Crippen molar-refractivity contribution in [1.82, 2.24) is 5.32 Å². The Morgan fingerprint density at radius 3 is 2.17 bits per heavy atom. The minimum atomic E-state index is -4.46. The van der Waals surface area contributed by atoms with Gasteiger partial charge in [-0.25, -0.2) is 9.59 Å². The minimum absolute atomic E-state index is 0.0902. The van der Waals surface area contributed by atoms with E-state index < -0.39 is 40.9 Å². The lowest BCUT2D eigenvalue weighted by Crippen LogP contribution is -2.46. The number of hydrogen-bond acceptors (Lipinski definition) is 3. The highest BCUT2D eigenvalue weighted by Crippen LogP contribution is 2.52. The summed E-state index contributed by atoms with van der Waals surface area (Å²) in [4.78, 5) is 23.4. The normalized spacial score (nSPS) is 23.5. The van der Waals surface area contributed by atoms with Crippen LogP contribution in [0.25, 0.3) is 0 Å². The number of carboxylic acids is 1. The van der Waals surface area contributed by atoms with E-state index in [9.17, 15) is 27.9 Å². The Labute approximate surface area is 136 Å². The topological polar surface area (TPSA) is 75.6 Å². The molecule has 0 aliphatic heterocycles. The van der Waals surface area contributed by atoms with Gasteiger partial charge in [0.25, 0.3) is 0 Å². The van der Waals surface area contributed by atoms with E-state index >= 15 is 0 Å². The van der Waals surface area contributed by atoms with Gasteiger partial charge in [-0.15, -0.1) is 0 Å². The summed E-state index contributed by atoms with van der Waals surface area (Å²) in [6.45, 7) is 4.92. The first kappa shape index (κ1) is 18.1. The number of halogens is 3. The molecular formula is C16H18F3NO4. The number of alkyl halides is 3. The van der Waals surface area contributed by atoms with Gasteiger partial charge in [-0.1, -0.05) is 12.1 Å². The molecule has 1 aliphatic carbocycles. The molecular weight excluding hydrogens is 327 g/mol. The molecule has 1 aromatic rings. The molecule has 0 radical (unpaired) electrons. The summed E-state index contributed by atoms with van der Waals surface area (Å²) < 4.78 is 42.8. The fourth-order valence-electron chi connectivity index (χ4n) is 2.48. The molecule has 0 saturated heterocycles. The summed E-state index contributed by atoms with van der Waals surface area (Å²) in [5, 5.41) is 11.8. The van der Waals surface area contributed by atoms with E-state index in [1.54, 1.807) is 20.8 Å². The zero-order valence-electron chi connectivity index (χ0n) is 13.4. The Kier molecular flexibility index (Phi) is 4.28. The second-order valence-electron chi connectivity index (χ2n) is 6.78. The maximum absolute atomic E-state index is 12.6. The van der Waals surface area contributed by atoms with Crippen LogP contribution in [-0.2, 0) is 15.7 Å². The van der Waals surface area contributed by atoms with Crippen molar-refractivity contribution in [2.75, 3.05) is 0 Å². The van der Waals surface area contributed by atoms with Crippen LogP contribution in [0.15, 0.2) is 24.3 Å². The number of benzene rings is 1. The van der Waals surface area contributed by atoms with Crippen LogP contribution in [-0.4, -0.2) is 28.3 Å². The summed E-state index contributed by atoms with van der Waals surface area (Å²) in [5.74, 6) is -1.86. The summed E-state index contributed by atoms with van der Waals surface area (Å²) in [7, 11) is 0. The SMILES string of the molecule is CC(C)(C)OC(=O)NC1(C(=O)O)CC1c1ccc(C(F)(F)F)cc1. The maximum atomic E-state index is 12.6. The number of ether oxygens (including phenoxy) is 1. The summed E-state index contributed by atoms with van der Waals surface area (Å²) in [6.07, 6.45) is -5.24. The van der Waals surface area contributed by atoms with Crippen molar-refractivity contribution in [3.63, 3.8) is 0 Å². The van der Waals surface area contributed by atoms with Crippen molar-refractivity contribution in [3.8, 4) is 0 Å². The van der Waals surface area contributed by atoms with Crippen LogP contribution in [0.1, 0.15) is 44.2 Å². The van der Waals surface area contributed by atoms with Crippen LogP contribution in [0.3, 0.4) is 0 Å². The monoisotopic (exact) mass is 345 g/mol. The minimum Gasteiger partial charge on any atom is -0.479 e. The van der Waals surface area contributed by atoms with Gasteiger partial charge in [0, 0.05) is 5.92 Å². The third kappa shape index (κ3) is 3.80. The number of rotatable bonds is 3. The fourth-order valence-corrected chi connectivity index (χ4v) is 2.48. The van der Waals surface area contributed by atoms with Crippen LogP contribution in [0, 0.1) is 0 Å². The summed E-state index contributed by atoms with van der Waals surface area (Å²) in [5.41, 5.74) is -2.74. The zero-order chi connectivity index (χ0) is 18.3. The second-order valence-corrected chi connectivity index (χ2v) is 6.78. The molecule has 5 nitrogen and oxygen atoms in total. The molecule has 2 atom stereocenters. The molecule has 1 saturated carbocycles. The van der Waals surface area contributed by atoms with Crippen LogP contribution in [0.2, 0.25) is 0 Å². The Bertz CT molecular complexity index is 649. The molecule has 132 valence electrons. The molecule has 0 spiro atoms. The van der Waals surface area contributed by atoms with E-state index in [1.807, 2.05) is 0 Å². The van der Waals surface area contributed by atoms with Gasteiger partial charge in [-0.05, 0) is 44.9 Å². The van der Waals surface area contributed by atoms with Gasteiger partial charge in [-0.2, -0.15) is 13.2 Å². The van der Waals surface area contributed by atoms with Gasteiger partial charge in [0.2, 0.25) is 0 Å². The average Bonchev–Trinajstić information content (AvgIpc) is 3.11. The zero-order valence-corrected chi connectivity index (χ0v) is 13.4.